The maximum atomic E-state index is 18.4. The summed E-state index contributed by atoms with van der Waals surface area (Å²) in [6.45, 7) is 4.57. The molecule has 1 aliphatic rings. The van der Waals surface area contributed by atoms with Crippen molar-refractivity contribution in [3.05, 3.63) is 186 Å². The second kappa shape index (κ2) is 11.4. The van der Waals surface area contributed by atoms with Crippen LogP contribution < -0.4 is 4.90 Å². The third-order valence-corrected chi connectivity index (χ3v) is 11.5. The van der Waals surface area contributed by atoms with Crippen molar-refractivity contribution in [3.63, 3.8) is 0 Å². The Hall–Kier alpha value is -6.79. The van der Waals surface area contributed by atoms with Gasteiger partial charge in [0.05, 0.1) is 27.9 Å². The van der Waals surface area contributed by atoms with Gasteiger partial charge in [0.25, 0.3) is 0 Å². The average molecular weight is 700 g/mol. The fourth-order valence-corrected chi connectivity index (χ4v) is 9.14. The first-order chi connectivity index (χ1) is 26.5. The van der Waals surface area contributed by atoms with Crippen molar-refractivity contribution in [3.8, 4) is 5.82 Å². The Balaban J connectivity index is 1.29. The molecule has 0 saturated carbocycles. The number of para-hydroxylation sites is 4. The van der Waals surface area contributed by atoms with Crippen LogP contribution >= 0.6 is 0 Å². The lowest BCUT2D eigenvalue weighted by molar-refractivity contribution is 0.402. The Bertz CT molecular complexity index is 3110. The van der Waals surface area contributed by atoms with Gasteiger partial charge in [-0.3, -0.25) is 8.97 Å². The molecule has 1 aliphatic heterocycles. The maximum absolute atomic E-state index is 18.4. The monoisotopic (exact) mass is 699 g/mol. The highest BCUT2D eigenvalue weighted by atomic mass is 19.1. The number of pyridine rings is 2. The van der Waals surface area contributed by atoms with Crippen LogP contribution in [0.15, 0.2) is 164 Å². The van der Waals surface area contributed by atoms with Gasteiger partial charge in [0.1, 0.15) is 11.5 Å². The van der Waals surface area contributed by atoms with Crippen LogP contribution in [-0.2, 0) is 5.41 Å². The largest absolute Gasteiger partial charge is 0.309 e. The second-order valence-corrected chi connectivity index (χ2v) is 14.7. The van der Waals surface area contributed by atoms with Crippen LogP contribution in [0, 0.1) is 0 Å². The van der Waals surface area contributed by atoms with Gasteiger partial charge in [-0.25, -0.2) is 14.4 Å². The van der Waals surface area contributed by atoms with Crippen molar-refractivity contribution in [1.29, 1.82) is 0 Å². The van der Waals surface area contributed by atoms with E-state index in [9.17, 15) is 0 Å². The fraction of sp³-hybridized carbons (Fsp3) is 0.0833. The van der Waals surface area contributed by atoms with Gasteiger partial charge in [0.2, 0.25) is 0 Å². The Labute approximate surface area is 311 Å². The van der Waals surface area contributed by atoms with Gasteiger partial charge < -0.3 is 4.90 Å². The van der Waals surface area contributed by atoms with Crippen molar-refractivity contribution in [2.45, 2.75) is 25.4 Å². The summed E-state index contributed by atoms with van der Waals surface area (Å²) in [6.07, 6.45) is 4.14. The summed E-state index contributed by atoms with van der Waals surface area (Å²) in [5.41, 5.74) is 9.70. The highest BCUT2D eigenvalue weighted by Gasteiger charge is 2.42. The molecular formula is C48H34FN5. The number of nitrogens with zero attached hydrogens (tertiary/aromatic N) is 5. The molecule has 1 unspecified atom stereocenters. The Morgan fingerprint density at radius 3 is 2.19 bits per heavy atom. The lowest BCUT2D eigenvalue weighted by Gasteiger charge is -2.44. The normalized spacial score (nSPS) is 14.2. The van der Waals surface area contributed by atoms with E-state index in [1.165, 1.54) is 5.56 Å². The molecule has 5 heterocycles. The topological polar surface area (TPSA) is 38.4 Å². The van der Waals surface area contributed by atoms with Crippen LogP contribution in [0.1, 0.15) is 42.3 Å². The van der Waals surface area contributed by atoms with Crippen LogP contribution in [0.25, 0.3) is 54.9 Å². The van der Waals surface area contributed by atoms with E-state index in [4.69, 9.17) is 9.97 Å². The minimum atomic E-state index is -1.48. The molecule has 10 aromatic rings. The number of benzene rings is 6. The number of fused-ring (bicyclic) bond motifs is 12. The SMILES string of the molecule is CC1(C)c2ccccc2N(c2ccccc2)c2c(C(F)c3ccc4c5ccccc5n5ccnc5c4c3)cc3c(c21)c1ccccc1n3-c1ccccn1. The molecule has 11 rings (SSSR count). The molecule has 0 saturated heterocycles. The number of anilines is 3. The Kier molecular flexibility index (Phi) is 6.48. The van der Waals surface area contributed by atoms with E-state index in [1.807, 2.05) is 61.1 Å². The summed E-state index contributed by atoms with van der Waals surface area (Å²) in [7, 11) is 0. The molecule has 0 radical (unpaired) electrons. The molecule has 0 amide bonds. The summed E-state index contributed by atoms with van der Waals surface area (Å²) in [5.74, 6) is 0.790. The standard InChI is InChI=1S/C48H34FN5/c1-48(2)37-18-8-11-21-40(37)53(31-14-4-3-5-15-31)46-36(29-41-43(44(46)48)34-17-7-10-20-39(34)54(41)42-22-12-13-25-50-42)45(49)30-23-24-32-33-16-6-9-19-38(33)52-27-26-51-47(52)35(32)28-30/h3-29,45H,1-2H3. The molecule has 0 aliphatic carbocycles. The summed E-state index contributed by atoms with van der Waals surface area (Å²) in [6, 6.07) is 49.9. The van der Waals surface area contributed by atoms with Crippen LogP contribution in [0.2, 0.25) is 0 Å². The van der Waals surface area contributed by atoms with E-state index >= 15 is 4.39 Å². The molecule has 54 heavy (non-hydrogen) atoms. The highest BCUT2D eigenvalue weighted by Crippen LogP contribution is 2.58. The van der Waals surface area contributed by atoms with Gasteiger partial charge in [-0.15, -0.1) is 0 Å². The first-order valence-electron chi connectivity index (χ1n) is 18.4. The van der Waals surface area contributed by atoms with Gasteiger partial charge in [0.15, 0.2) is 6.17 Å². The van der Waals surface area contributed by atoms with Crippen LogP contribution in [0.5, 0.6) is 0 Å². The minimum Gasteiger partial charge on any atom is -0.309 e. The lowest BCUT2D eigenvalue weighted by Crippen LogP contribution is -2.32. The van der Waals surface area contributed by atoms with Gasteiger partial charge >= 0.3 is 0 Å². The smallest absolute Gasteiger partial charge is 0.152 e. The Morgan fingerprint density at radius 1 is 0.611 bits per heavy atom. The number of rotatable bonds is 4. The van der Waals surface area contributed by atoms with Crippen molar-refractivity contribution in [2.24, 2.45) is 0 Å². The van der Waals surface area contributed by atoms with Crippen LogP contribution in [-0.4, -0.2) is 18.9 Å². The molecule has 0 bridgehead atoms. The fourth-order valence-electron chi connectivity index (χ4n) is 9.14. The first kappa shape index (κ1) is 30.8. The second-order valence-electron chi connectivity index (χ2n) is 14.7. The number of hydrogen-bond acceptors (Lipinski definition) is 3. The molecular weight excluding hydrogens is 666 g/mol. The predicted molar refractivity (Wildman–Crippen MR) is 219 cm³/mol. The van der Waals surface area contributed by atoms with Gasteiger partial charge in [-0.2, -0.15) is 0 Å². The third-order valence-electron chi connectivity index (χ3n) is 11.5. The zero-order chi connectivity index (χ0) is 36.1. The van der Waals surface area contributed by atoms with Crippen molar-refractivity contribution < 1.29 is 4.39 Å². The van der Waals surface area contributed by atoms with Gasteiger partial charge in [0, 0.05) is 56.8 Å². The van der Waals surface area contributed by atoms with Crippen molar-refractivity contribution in [1.82, 2.24) is 18.9 Å². The Morgan fingerprint density at radius 2 is 1.35 bits per heavy atom. The van der Waals surface area contributed by atoms with Crippen molar-refractivity contribution >= 4 is 66.2 Å². The zero-order valence-electron chi connectivity index (χ0n) is 29.8. The van der Waals surface area contributed by atoms with E-state index in [-0.39, 0.29) is 0 Å². The summed E-state index contributed by atoms with van der Waals surface area (Å²) in [4.78, 5) is 11.9. The molecule has 0 fully saturated rings. The molecule has 5 nitrogen and oxygen atoms in total. The third kappa shape index (κ3) is 4.19. The summed E-state index contributed by atoms with van der Waals surface area (Å²) >= 11 is 0. The summed E-state index contributed by atoms with van der Waals surface area (Å²) in [5, 5.41) is 5.28. The van der Waals surface area contributed by atoms with E-state index in [1.54, 1.807) is 0 Å². The number of hydrogen-bond donors (Lipinski definition) is 0. The first-order valence-corrected chi connectivity index (χ1v) is 18.4. The van der Waals surface area contributed by atoms with Crippen molar-refractivity contribution in [2.75, 3.05) is 4.90 Å². The molecule has 1 atom stereocenters. The lowest BCUT2D eigenvalue weighted by atomic mass is 9.70. The molecule has 6 heteroatoms. The van der Waals surface area contributed by atoms with E-state index in [0.29, 0.717) is 11.1 Å². The van der Waals surface area contributed by atoms with Gasteiger partial charge in [-0.1, -0.05) is 105 Å². The molecule has 0 spiro atoms. The molecule has 4 aromatic heterocycles. The van der Waals surface area contributed by atoms with Crippen LogP contribution in [0.3, 0.4) is 0 Å². The van der Waals surface area contributed by atoms with E-state index in [0.717, 1.165) is 77.6 Å². The molecule has 258 valence electrons. The quantitative estimate of drug-likeness (QED) is 0.172. The summed E-state index contributed by atoms with van der Waals surface area (Å²) < 4.78 is 22.7. The van der Waals surface area contributed by atoms with E-state index in [2.05, 4.69) is 131 Å². The predicted octanol–water partition coefficient (Wildman–Crippen LogP) is 12.3. The number of alkyl halides is 1. The van der Waals surface area contributed by atoms with Crippen LogP contribution in [0.4, 0.5) is 21.5 Å². The minimum absolute atomic E-state index is 0.491. The van der Waals surface area contributed by atoms with Gasteiger partial charge in [-0.05, 0) is 76.7 Å². The number of aromatic nitrogens is 4. The average Bonchev–Trinajstić information content (AvgIpc) is 3.85. The molecule has 6 aromatic carbocycles. The number of halogens is 1. The maximum Gasteiger partial charge on any atom is 0.152 e. The van der Waals surface area contributed by atoms with E-state index < -0.39 is 11.6 Å². The highest BCUT2D eigenvalue weighted by molar-refractivity contribution is 6.15. The number of imidazole rings is 1. The molecule has 0 N–H and O–H groups in total. The zero-order valence-corrected chi connectivity index (χ0v) is 29.8.